The lowest BCUT2D eigenvalue weighted by Gasteiger charge is -2.18. The van der Waals surface area contributed by atoms with Crippen LogP contribution in [0.1, 0.15) is 24.9 Å². The Labute approximate surface area is 118 Å². The van der Waals surface area contributed by atoms with Gasteiger partial charge in [-0.05, 0) is 24.6 Å². The SMILES string of the molecule is CCOc1ccc(C(CC(=O)O)NC(=O)C(F)(F)F)cc1. The number of ether oxygens (including phenoxy) is 1. The molecular formula is C13H14F3NO4. The number of alkyl halides is 3. The van der Waals surface area contributed by atoms with Crippen LogP contribution in [0.15, 0.2) is 24.3 Å². The van der Waals surface area contributed by atoms with Crippen molar-refractivity contribution in [3.63, 3.8) is 0 Å². The molecule has 1 aromatic carbocycles. The van der Waals surface area contributed by atoms with Crippen molar-refractivity contribution in [3.8, 4) is 5.75 Å². The topological polar surface area (TPSA) is 75.6 Å². The highest BCUT2D eigenvalue weighted by molar-refractivity contribution is 5.82. The van der Waals surface area contributed by atoms with Gasteiger partial charge in [-0.15, -0.1) is 0 Å². The van der Waals surface area contributed by atoms with E-state index in [9.17, 15) is 22.8 Å². The summed E-state index contributed by atoms with van der Waals surface area (Å²) in [5, 5.41) is 10.4. The van der Waals surface area contributed by atoms with E-state index in [-0.39, 0.29) is 5.56 Å². The molecule has 0 aliphatic rings. The number of carboxylic acid groups (broad SMARTS) is 1. The number of amides is 1. The van der Waals surface area contributed by atoms with Gasteiger partial charge in [-0.25, -0.2) is 0 Å². The minimum atomic E-state index is -5.07. The molecule has 0 spiro atoms. The summed E-state index contributed by atoms with van der Waals surface area (Å²) in [6.07, 6.45) is -5.72. The predicted octanol–water partition coefficient (Wildman–Crippen LogP) is 2.28. The molecule has 1 amide bonds. The van der Waals surface area contributed by atoms with Crippen LogP contribution in [-0.2, 0) is 9.59 Å². The molecule has 0 saturated carbocycles. The van der Waals surface area contributed by atoms with E-state index in [1.807, 2.05) is 0 Å². The number of nitrogens with one attached hydrogen (secondary N) is 1. The Bertz CT molecular complexity index is 499. The Morgan fingerprint density at radius 3 is 2.29 bits per heavy atom. The van der Waals surface area contributed by atoms with E-state index in [0.29, 0.717) is 12.4 Å². The van der Waals surface area contributed by atoms with E-state index in [2.05, 4.69) is 0 Å². The first-order valence-corrected chi connectivity index (χ1v) is 6.06. The summed E-state index contributed by atoms with van der Waals surface area (Å²) in [5.74, 6) is -3.00. The molecule has 1 atom stereocenters. The predicted molar refractivity (Wildman–Crippen MR) is 66.8 cm³/mol. The van der Waals surface area contributed by atoms with Crippen molar-refractivity contribution in [1.82, 2.24) is 5.32 Å². The van der Waals surface area contributed by atoms with E-state index in [1.165, 1.54) is 24.3 Å². The average molecular weight is 305 g/mol. The number of halogens is 3. The van der Waals surface area contributed by atoms with Gasteiger partial charge in [0.15, 0.2) is 0 Å². The zero-order valence-corrected chi connectivity index (χ0v) is 11.1. The van der Waals surface area contributed by atoms with E-state index in [0.717, 1.165) is 0 Å². The number of carbonyl (C=O) groups is 2. The second kappa shape index (κ2) is 6.96. The number of rotatable bonds is 6. The summed E-state index contributed by atoms with van der Waals surface area (Å²) in [6.45, 7) is 2.19. The fourth-order valence-electron chi connectivity index (χ4n) is 1.63. The van der Waals surface area contributed by atoms with Crippen LogP contribution in [-0.4, -0.2) is 29.8 Å². The monoisotopic (exact) mass is 305 g/mol. The van der Waals surface area contributed by atoms with Crippen LogP contribution in [0.4, 0.5) is 13.2 Å². The largest absolute Gasteiger partial charge is 0.494 e. The highest BCUT2D eigenvalue weighted by atomic mass is 19.4. The van der Waals surface area contributed by atoms with Crippen molar-refractivity contribution in [1.29, 1.82) is 0 Å². The maximum atomic E-state index is 12.2. The van der Waals surface area contributed by atoms with Gasteiger partial charge in [0.1, 0.15) is 5.75 Å². The normalized spacial score (nSPS) is 12.6. The number of aliphatic carboxylic acids is 1. The summed E-state index contributed by atoms with van der Waals surface area (Å²) in [6, 6.07) is 4.54. The standard InChI is InChI=1S/C13H14F3NO4/c1-2-21-9-5-3-8(4-6-9)10(7-11(18)19)17-12(20)13(14,15)16/h3-6,10H,2,7H2,1H3,(H,17,20)(H,18,19). The molecule has 21 heavy (non-hydrogen) atoms. The van der Waals surface area contributed by atoms with Crippen LogP contribution in [0.25, 0.3) is 0 Å². The number of carboxylic acids is 1. The van der Waals surface area contributed by atoms with Gasteiger partial charge in [0.25, 0.3) is 0 Å². The molecule has 0 fully saturated rings. The third-order valence-corrected chi connectivity index (χ3v) is 2.54. The molecule has 0 saturated heterocycles. The fraction of sp³-hybridized carbons (Fsp3) is 0.385. The second-order valence-corrected chi connectivity index (χ2v) is 4.12. The summed E-state index contributed by atoms with van der Waals surface area (Å²) >= 11 is 0. The Balaban J connectivity index is 2.91. The van der Waals surface area contributed by atoms with Gasteiger partial charge >= 0.3 is 18.1 Å². The van der Waals surface area contributed by atoms with E-state index >= 15 is 0 Å². The molecule has 5 nitrogen and oxygen atoms in total. The Kier molecular flexibility index (Phi) is 5.57. The number of hydrogen-bond acceptors (Lipinski definition) is 3. The molecule has 1 unspecified atom stereocenters. The highest BCUT2D eigenvalue weighted by Crippen LogP contribution is 2.23. The molecule has 1 aromatic rings. The molecule has 0 heterocycles. The molecule has 0 aliphatic carbocycles. The summed E-state index contributed by atoms with van der Waals surface area (Å²) in [4.78, 5) is 21.7. The smallest absolute Gasteiger partial charge is 0.471 e. The molecule has 1 rings (SSSR count). The minimum absolute atomic E-state index is 0.249. The quantitative estimate of drug-likeness (QED) is 0.845. The maximum Gasteiger partial charge on any atom is 0.471 e. The third kappa shape index (κ3) is 5.33. The van der Waals surface area contributed by atoms with Crippen LogP contribution in [0.2, 0.25) is 0 Å². The maximum absolute atomic E-state index is 12.2. The van der Waals surface area contributed by atoms with E-state index in [1.54, 1.807) is 12.2 Å². The zero-order chi connectivity index (χ0) is 16.0. The Morgan fingerprint density at radius 2 is 1.86 bits per heavy atom. The Hall–Kier alpha value is -2.25. The number of carbonyl (C=O) groups excluding carboxylic acids is 1. The van der Waals surface area contributed by atoms with E-state index < -0.39 is 30.5 Å². The lowest BCUT2D eigenvalue weighted by Crippen LogP contribution is -2.39. The van der Waals surface area contributed by atoms with Gasteiger partial charge in [-0.3, -0.25) is 9.59 Å². The van der Waals surface area contributed by atoms with Crippen molar-refractivity contribution in [3.05, 3.63) is 29.8 Å². The van der Waals surface area contributed by atoms with Crippen molar-refractivity contribution >= 4 is 11.9 Å². The average Bonchev–Trinajstić information content (AvgIpc) is 2.37. The van der Waals surface area contributed by atoms with Gasteiger partial charge in [0.05, 0.1) is 19.1 Å². The Morgan fingerprint density at radius 1 is 1.29 bits per heavy atom. The van der Waals surface area contributed by atoms with Crippen molar-refractivity contribution in [2.75, 3.05) is 6.61 Å². The number of hydrogen-bond donors (Lipinski definition) is 2. The molecule has 116 valence electrons. The lowest BCUT2D eigenvalue weighted by molar-refractivity contribution is -0.174. The second-order valence-electron chi connectivity index (χ2n) is 4.12. The highest BCUT2D eigenvalue weighted by Gasteiger charge is 2.40. The molecule has 0 bridgehead atoms. The molecule has 0 aliphatic heterocycles. The molecule has 2 N–H and O–H groups in total. The summed E-state index contributed by atoms with van der Waals surface area (Å²) in [7, 11) is 0. The van der Waals surface area contributed by atoms with Crippen molar-refractivity contribution in [2.45, 2.75) is 25.6 Å². The summed E-state index contributed by atoms with van der Waals surface area (Å²) < 4.78 is 41.9. The van der Waals surface area contributed by atoms with Crippen molar-refractivity contribution in [2.24, 2.45) is 0 Å². The third-order valence-electron chi connectivity index (χ3n) is 2.54. The van der Waals surface area contributed by atoms with Crippen LogP contribution in [0, 0.1) is 0 Å². The lowest BCUT2D eigenvalue weighted by atomic mass is 10.0. The molecule has 8 heteroatoms. The van der Waals surface area contributed by atoms with Gasteiger partial charge < -0.3 is 15.2 Å². The molecule has 0 aromatic heterocycles. The molecular weight excluding hydrogens is 291 g/mol. The van der Waals surface area contributed by atoms with Crippen molar-refractivity contribution < 1.29 is 32.6 Å². The van der Waals surface area contributed by atoms with Gasteiger partial charge in [0.2, 0.25) is 0 Å². The zero-order valence-electron chi connectivity index (χ0n) is 11.1. The number of benzene rings is 1. The van der Waals surface area contributed by atoms with Crippen LogP contribution in [0.5, 0.6) is 5.75 Å². The fourth-order valence-corrected chi connectivity index (χ4v) is 1.63. The van der Waals surface area contributed by atoms with Crippen LogP contribution >= 0.6 is 0 Å². The first kappa shape index (κ1) is 16.8. The van der Waals surface area contributed by atoms with Crippen LogP contribution in [0.3, 0.4) is 0 Å². The minimum Gasteiger partial charge on any atom is -0.494 e. The van der Waals surface area contributed by atoms with Gasteiger partial charge in [0, 0.05) is 0 Å². The molecule has 0 radical (unpaired) electrons. The summed E-state index contributed by atoms with van der Waals surface area (Å²) in [5.41, 5.74) is 0.249. The van der Waals surface area contributed by atoms with Gasteiger partial charge in [-0.1, -0.05) is 12.1 Å². The first-order valence-electron chi connectivity index (χ1n) is 6.06. The van der Waals surface area contributed by atoms with Gasteiger partial charge in [-0.2, -0.15) is 13.2 Å². The first-order chi connectivity index (χ1) is 9.74. The van der Waals surface area contributed by atoms with Crippen LogP contribution < -0.4 is 10.1 Å². The van der Waals surface area contributed by atoms with E-state index in [4.69, 9.17) is 9.84 Å².